The molecule has 0 saturated carbocycles. The zero-order chi connectivity index (χ0) is 21.2. The van der Waals surface area contributed by atoms with Crippen LogP contribution >= 0.6 is 0 Å². The molecule has 1 aromatic rings. The standard InChI is InChI=1S/C20H26BN3O5/c1-4-29-19(25)11-15(16-7-8-18(28-3)22-12-16)6-5-9-24-14(2)10-17(20(24)26)23-13-21-27/h5-8,12-15,17H,4,9-11H2,1-3H3/b6-5+,23-13?. The van der Waals surface area contributed by atoms with Gasteiger partial charge in [-0.1, -0.05) is 0 Å². The maximum atomic E-state index is 12.5. The Balaban J connectivity index is 2.09. The molecule has 1 aliphatic rings. The molecule has 0 radical (unpaired) electrons. The summed E-state index contributed by atoms with van der Waals surface area (Å²) >= 11 is 0. The van der Waals surface area contributed by atoms with Gasteiger partial charge in [-0.15, -0.1) is 0 Å². The van der Waals surface area contributed by atoms with Crippen LogP contribution in [0.3, 0.4) is 0 Å². The van der Waals surface area contributed by atoms with Gasteiger partial charge in [0.1, 0.15) is 0 Å². The van der Waals surface area contributed by atoms with Gasteiger partial charge in [0.05, 0.1) is 13.7 Å². The topological polar surface area (TPSA) is 98.2 Å². The molecule has 1 aromatic heterocycles. The maximum absolute atomic E-state index is 12.5. The Morgan fingerprint density at radius 3 is 2.90 bits per heavy atom. The van der Waals surface area contributed by atoms with Crippen LogP contribution in [0.25, 0.3) is 0 Å². The normalized spacial score (nSPS) is 20.2. The number of hydrogen-bond donors (Lipinski definition) is 0. The number of nitrogens with zero attached hydrogens (tertiary/aromatic N) is 3. The van der Waals surface area contributed by atoms with Crippen LogP contribution in [0.5, 0.6) is 5.88 Å². The first-order chi connectivity index (χ1) is 14.0. The summed E-state index contributed by atoms with van der Waals surface area (Å²) in [5.74, 6) is -0.143. The van der Waals surface area contributed by atoms with Crippen molar-refractivity contribution in [1.29, 1.82) is 0 Å². The Labute approximate surface area is 171 Å². The van der Waals surface area contributed by atoms with Crippen LogP contribution in [0, 0.1) is 0 Å². The van der Waals surface area contributed by atoms with Crippen molar-refractivity contribution in [1.82, 2.24) is 9.88 Å². The molecule has 154 valence electrons. The number of rotatable bonds is 10. The van der Waals surface area contributed by atoms with E-state index >= 15 is 0 Å². The van der Waals surface area contributed by atoms with Crippen molar-refractivity contribution >= 4 is 25.1 Å². The Morgan fingerprint density at radius 2 is 2.28 bits per heavy atom. The van der Waals surface area contributed by atoms with Gasteiger partial charge < -0.3 is 4.74 Å². The van der Waals surface area contributed by atoms with Gasteiger partial charge in [0.2, 0.25) is 5.88 Å². The van der Waals surface area contributed by atoms with Crippen molar-refractivity contribution < 1.29 is 23.8 Å². The SMILES string of the molecule is CCOC(=O)CC(/C=C/CN1C(=O)C(N=CB=O)CC1C)c1ccc(OC)nc1. The van der Waals surface area contributed by atoms with Gasteiger partial charge in [0.15, 0.2) is 0 Å². The second-order valence-electron chi connectivity index (χ2n) is 6.70. The van der Waals surface area contributed by atoms with E-state index in [0.717, 1.165) is 11.7 Å². The van der Waals surface area contributed by atoms with E-state index in [9.17, 15) is 14.3 Å². The van der Waals surface area contributed by atoms with Crippen molar-refractivity contribution in [2.45, 2.75) is 44.7 Å². The predicted octanol–water partition coefficient (Wildman–Crippen LogP) is 1.75. The van der Waals surface area contributed by atoms with Gasteiger partial charge in [0.25, 0.3) is 0 Å². The van der Waals surface area contributed by atoms with E-state index in [0.29, 0.717) is 32.6 Å². The number of amides is 1. The van der Waals surface area contributed by atoms with Crippen LogP contribution in [0.1, 0.15) is 38.2 Å². The fraction of sp³-hybridized carbons (Fsp3) is 0.500. The van der Waals surface area contributed by atoms with E-state index in [4.69, 9.17) is 9.47 Å². The van der Waals surface area contributed by atoms with E-state index in [1.165, 1.54) is 0 Å². The molecule has 0 N–H and O–H groups in total. The first kappa shape index (κ1) is 22.5. The summed E-state index contributed by atoms with van der Waals surface area (Å²) in [6.07, 6.45) is 7.30. The van der Waals surface area contributed by atoms with Crippen LogP contribution in [-0.4, -0.2) is 67.4 Å². The molecular weight excluding hydrogens is 373 g/mol. The minimum absolute atomic E-state index is 0.0205. The number of esters is 1. The molecule has 1 aliphatic heterocycles. The molecule has 8 nitrogen and oxygen atoms in total. The molecule has 0 aliphatic carbocycles. The van der Waals surface area contributed by atoms with E-state index in [-0.39, 0.29) is 30.3 Å². The molecule has 2 rings (SSSR count). The number of carbonyl (C=O) groups excluding carboxylic acids is 2. The van der Waals surface area contributed by atoms with Crippen molar-refractivity contribution in [2.75, 3.05) is 20.3 Å². The number of aliphatic imine (C=N–C) groups is 1. The number of aromatic nitrogens is 1. The number of hydrogen-bond acceptors (Lipinski definition) is 7. The Kier molecular flexibility index (Phi) is 8.70. The van der Waals surface area contributed by atoms with Crippen molar-refractivity contribution in [3.63, 3.8) is 0 Å². The first-order valence-electron chi connectivity index (χ1n) is 9.59. The fourth-order valence-electron chi connectivity index (χ4n) is 3.26. The number of ether oxygens (including phenoxy) is 2. The Bertz CT molecular complexity index is 766. The van der Waals surface area contributed by atoms with Crippen LogP contribution in [-0.2, 0) is 19.0 Å². The summed E-state index contributed by atoms with van der Waals surface area (Å²) in [4.78, 5) is 34.4. The summed E-state index contributed by atoms with van der Waals surface area (Å²) in [6, 6.07) is 3.11. The molecule has 3 unspecified atom stereocenters. The Hall–Kier alpha value is -2.84. The van der Waals surface area contributed by atoms with E-state index in [1.807, 2.05) is 25.1 Å². The van der Waals surface area contributed by atoms with Gasteiger partial charge in [-0.05, 0) is 6.92 Å². The van der Waals surface area contributed by atoms with Crippen molar-refractivity contribution in [2.24, 2.45) is 4.99 Å². The van der Waals surface area contributed by atoms with Crippen molar-refractivity contribution in [3.8, 4) is 5.88 Å². The molecule has 29 heavy (non-hydrogen) atoms. The molecule has 2 heterocycles. The third-order valence-electron chi connectivity index (χ3n) is 4.75. The minimum atomic E-state index is -0.510. The molecular formula is C20H26BN3O5. The molecule has 0 aromatic carbocycles. The summed E-state index contributed by atoms with van der Waals surface area (Å²) in [6.45, 7) is 4.43. The zero-order valence-electron chi connectivity index (χ0n) is 17.0. The van der Waals surface area contributed by atoms with E-state index in [2.05, 4.69) is 9.98 Å². The number of likely N-dealkylation sites (tertiary alicyclic amines) is 1. The third-order valence-corrected chi connectivity index (χ3v) is 4.75. The fourth-order valence-corrected chi connectivity index (χ4v) is 3.26. The summed E-state index contributed by atoms with van der Waals surface area (Å²) in [5.41, 5.74) is 0.851. The molecule has 1 saturated heterocycles. The molecule has 1 amide bonds. The molecule has 0 spiro atoms. The van der Waals surface area contributed by atoms with E-state index < -0.39 is 6.04 Å². The average molecular weight is 399 g/mol. The van der Waals surface area contributed by atoms with Gasteiger partial charge in [-0.2, -0.15) is 0 Å². The first-order valence-corrected chi connectivity index (χ1v) is 9.59. The van der Waals surface area contributed by atoms with Crippen LogP contribution in [0.4, 0.5) is 0 Å². The third kappa shape index (κ3) is 6.34. The van der Waals surface area contributed by atoms with Crippen LogP contribution < -0.4 is 4.74 Å². The number of allylic oxidation sites excluding steroid dienone is 1. The summed E-state index contributed by atoms with van der Waals surface area (Å²) < 4.78 is 20.6. The number of pyridine rings is 1. The summed E-state index contributed by atoms with van der Waals surface area (Å²) in [7, 11) is 2.11. The zero-order valence-corrected chi connectivity index (χ0v) is 17.0. The predicted molar refractivity (Wildman–Crippen MR) is 108 cm³/mol. The second kappa shape index (κ2) is 11.2. The number of methoxy groups -OCH3 is 1. The van der Waals surface area contributed by atoms with Crippen LogP contribution in [0.15, 0.2) is 35.5 Å². The van der Waals surface area contributed by atoms with E-state index in [1.54, 1.807) is 31.2 Å². The molecule has 1 fully saturated rings. The van der Waals surface area contributed by atoms with Gasteiger partial charge in [-0.25, -0.2) is 0 Å². The summed E-state index contributed by atoms with van der Waals surface area (Å²) in [5, 5.41) is 0. The monoisotopic (exact) mass is 399 g/mol. The molecule has 9 heteroatoms. The van der Waals surface area contributed by atoms with Gasteiger partial charge in [0, 0.05) is 0 Å². The average Bonchev–Trinajstić information content (AvgIpc) is 2.99. The van der Waals surface area contributed by atoms with Gasteiger partial charge in [-0.3, -0.25) is 0 Å². The van der Waals surface area contributed by atoms with Gasteiger partial charge >= 0.3 is 139 Å². The quantitative estimate of drug-likeness (QED) is 0.257. The Morgan fingerprint density at radius 1 is 1.48 bits per heavy atom. The molecule has 0 bridgehead atoms. The number of carbonyl (C=O) groups is 2. The second-order valence-corrected chi connectivity index (χ2v) is 6.70. The van der Waals surface area contributed by atoms with Crippen molar-refractivity contribution in [3.05, 3.63) is 36.0 Å². The van der Waals surface area contributed by atoms with Crippen LogP contribution in [0.2, 0.25) is 0 Å². The molecule has 3 atom stereocenters.